The van der Waals surface area contributed by atoms with Crippen LogP contribution in [0.4, 0.5) is 0 Å². The van der Waals surface area contributed by atoms with Gasteiger partial charge >= 0.3 is 29.6 Å². The quantitative estimate of drug-likeness (QED) is 0.387. The van der Waals surface area contributed by atoms with Gasteiger partial charge < -0.3 is 17.2 Å². The molecule has 0 amide bonds. The summed E-state index contributed by atoms with van der Waals surface area (Å²) < 4.78 is 2.02. The Morgan fingerprint density at radius 3 is 2.61 bits per heavy atom. The number of aromatic nitrogens is 2. The molecular formula is C18H10N3NaS. The van der Waals surface area contributed by atoms with Crippen molar-refractivity contribution in [3.05, 3.63) is 66.5 Å². The third-order valence-electron chi connectivity index (χ3n) is 3.84. The molecule has 4 rings (SSSR count). The third-order valence-corrected chi connectivity index (χ3v) is 4.14. The van der Waals surface area contributed by atoms with Gasteiger partial charge in [0.15, 0.2) is 0 Å². The second-order valence-electron chi connectivity index (χ2n) is 5.04. The van der Waals surface area contributed by atoms with Crippen molar-refractivity contribution in [2.24, 2.45) is 0 Å². The fourth-order valence-corrected chi connectivity index (χ4v) is 3.17. The molecule has 3 nitrogen and oxygen atoms in total. The molecule has 2 heterocycles. The molecule has 0 unspecified atom stereocenters. The summed E-state index contributed by atoms with van der Waals surface area (Å²) in [7, 11) is 0. The zero-order valence-corrected chi connectivity index (χ0v) is 15.3. The molecule has 104 valence electrons. The van der Waals surface area contributed by atoms with Crippen molar-refractivity contribution < 1.29 is 29.6 Å². The SMILES string of the molecule is N#Cc1ccc(-n2c([S-])cc3ccncc32)c2ccccc12.[Na+]. The number of nitriles is 1. The van der Waals surface area contributed by atoms with E-state index in [1.807, 2.05) is 59.3 Å². The van der Waals surface area contributed by atoms with Crippen LogP contribution in [0.5, 0.6) is 0 Å². The zero-order valence-electron chi connectivity index (χ0n) is 12.5. The number of hydrogen-bond donors (Lipinski definition) is 0. The summed E-state index contributed by atoms with van der Waals surface area (Å²) in [5.74, 6) is 0. The normalized spacial score (nSPS) is 10.4. The molecule has 2 aromatic heterocycles. The topological polar surface area (TPSA) is 41.6 Å². The minimum atomic E-state index is 0. The van der Waals surface area contributed by atoms with Crippen LogP contribution < -0.4 is 29.6 Å². The van der Waals surface area contributed by atoms with Gasteiger partial charge in [0, 0.05) is 22.4 Å². The first-order chi connectivity index (χ1) is 10.8. The van der Waals surface area contributed by atoms with Crippen LogP contribution in [0.3, 0.4) is 0 Å². The zero-order chi connectivity index (χ0) is 15.1. The molecule has 0 aliphatic rings. The minimum absolute atomic E-state index is 0. The Balaban J connectivity index is 0.00000156. The van der Waals surface area contributed by atoms with Crippen LogP contribution in [0, 0.1) is 11.3 Å². The number of benzene rings is 2. The molecule has 0 aliphatic carbocycles. The molecular weight excluding hydrogens is 313 g/mol. The number of hydrogen-bond acceptors (Lipinski definition) is 3. The summed E-state index contributed by atoms with van der Waals surface area (Å²) in [6, 6.07) is 17.9. The van der Waals surface area contributed by atoms with Crippen molar-refractivity contribution >= 4 is 34.3 Å². The van der Waals surface area contributed by atoms with E-state index >= 15 is 0 Å². The van der Waals surface area contributed by atoms with E-state index in [9.17, 15) is 5.26 Å². The van der Waals surface area contributed by atoms with Crippen LogP contribution in [0.25, 0.3) is 27.4 Å². The molecule has 5 heteroatoms. The van der Waals surface area contributed by atoms with Gasteiger partial charge in [0.2, 0.25) is 0 Å². The number of nitrogens with zero attached hydrogens (tertiary/aromatic N) is 3. The Labute approximate surface area is 161 Å². The largest absolute Gasteiger partial charge is 1.00 e. The molecule has 2 aromatic carbocycles. The Hall–Kier alpha value is -1.90. The van der Waals surface area contributed by atoms with Crippen molar-refractivity contribution in [3.8, 4) is 11.8 Å². The van der Waals surface area contributed by atoms with E-state index in [0.29, 0.717) is 5.56 Å². The summed E-state index contributed by atoms with van der Waals surface area (Å²) in [6.07, 6.45) is 3.58. The molecule has 0 atom stereocenters. The molecule has 0 N–H and O–H groups in total. The maximum atomic E-state index is 9.30. The van der Waals surface area contributed by atoms with Crippen LogP contribution in [0.1, 0.15) is 5.56 Å². The molecule has 23 heavy (non-hydrogen) atoms. The van der Waals surface area contributed by atoms with E-state index in [4.69, 9.17) is 12.6 Å². The fraction of sp³-hybridized carbons (Fsp3) is 0. The first kappa shape index (κ1) is 16.0. The summed E-state index contributed by atoms with van der Waals surface area (Å²) in [6.45, 7) is 0. The smallest absolute Gasteiger partial charge is 0.762 e. The summed E-state index contributed by atoms with van der Waals surface area (Å²) >= 11 is 5.53. The van der Waals surface area contributed by atoms with Crippen molar-refractivity contribution in [1.82, 2.24) is 9.55 Å². The van der Waals surface area contributed by atoms with Crippen molar-refractivity contribution in [3.63, 3.8) is 0 Å². The Morgan fingerprint density at radius 2 is 1.83 bits per heavy atom. The van der Waals surface area contributed by atoms with Crippen LogP contribution >= 0.6 is 0 Å². The second-order valence-corrected chi connectivity index (χ2v) is 5.46. The van der Waals surface area contributed by atoms with E-state index in [1.165, 1.54) is 0 Å². The maximum absolute atomic E-state index is 9.30. The Bertz CT molecular complexity index is 1060. The first-order valence-electron chi connectivity index (χ1n) is 6.84. The predicted octanol–water partition coefficient (Wildman–Crippen LogP) is 0.960. The molecule has 0 aliphatic heterocycles. The number of pyridine rings is 1. The maximum Gasteiger partial charge on any atom is 1.00 e. The molecule has 4 aromatic rings. The molecule has 0 saturated carbocycles. The predicted molar refractivity (Wildman–Crippen MR) is 88.9 cm³/mol. The Kier molecular flexibility index (Phi) is 4.38. The van der Waals surface area contributed by atoms with Crippen molar-refractivity contribution in [2.45, 2.75) is 5.03 Å². The standard InChI is InChI=1S/C18H11N3S.Na/c19-10-13-5-6-16(15-4-2-1-3-14(13)15)21-17-11-20-8-7-12(17)9-18(21)22;/h1-9,11,22H;/q;+1/p-1. The van der Waals surface area contributed by atoms with Crippen LogP contribution in [-0.2, 0) is 12.6 Å². The van der Waals surface area contributed by atoms with Gasteiger partial charge in [0.25, 0.3) is 0 Å². The van der Waals surface area contributed by atoms with Gasteiger partial charge in [-0.25, -0.2) is 0 Å². The molecule has 0 fully saturated rings. The summed E-state index contributed by atoms with van der Waals surface area (Å²) in [4.78, 5) is 4.21. The van der Waals surface area contributed by atoms with Gasteiger partial charge in [-0.15, -0.1) is 5.03 Å². The monoisotopic (exact) mass is 323 g/mol. The second kappa shape index (κ2) is 6.31. The van der Waals surface area contributed by atoms with Crippen LogP contribution in [-0.4, -0.2) is 9.55 Å². The number of fused-ring (bicyclic) bond motifs is 2. The van der Waals surface area contributed by atoms with E-state index in [0.717, 1.165) is 32.4 Å². The first-order valence-corrected chi connectivity index (χ1v) is 7.25. The average Bonchev–Trinajstić information content (AvgIpc) is 2.89. The average molecular weight is 323 g/mol. The van der Waals surface area contributed by atoms with Gasteiger partial charge in [-0.05, 0) is 18.2 Å². The van der Waals surface area contributed by atoms with E-state index in [-0.39, 0.29) is 29.6 Å². The van der Waals surface area contributed by atoms with Gasteiger partial charge in [0.1, 0.15) is 0 Å². The number of rotatable bonds is 1. The van der Waals surface area contributed by atoms with E-state index in [2.05, 4.69) is 11.1 Å². The molecule has 0 radical (unpaired) electrons. The van der Waals surface area contributed by atoms with Gasteiger partial charge in [-0.2, -0.15) is 5.26 Å². The molecule has 0 spiro atoms. The van der Waals surface area contributed by atoms with Gasteiger partial charge in [-0.3, -0.25) is 4.98 Å². The van der Waals surface area contributed by atoms with E-state index in [1.54, 1.807) is 6.20 Å². The van der Waals surface area contributed by atoms with Crippen molar-refractivity contribution in [1.29, 1.82) is 5.26 Å². The minimum Gasteiger partial charge on any atom is -0.762 e. The molecule has 0 saturated heterocycles. The van der Waals surface area contributed by atoms with Gasteiger partial charge in [-0.1, -0.05) is 30.3 Å². The van der Waals surface area contributed by atoms with Crippen molar-refractivity contribution in [2.75, 3.05) is 0 Å². The third kappa shape index (κ3) is 2.52. The fourth-order valence-electron chi connectivity index (χ4n) is 2.85. The Morgan fingerprint density at radius 1 is 1.04 bits per heavy atom. The van der Waals surface area contributed by atoms with E-state index < -0.39 is 0 Å². The van der Waals surface area contributed by atoms with Gasteiger partial charge in [0.05, 0.1) is 29.0 Å². The summed E-state index contributed by atoms with van der Waals surface area (Å²) in [5.41, 5.74) is 2.62. The molecule has 0 bridgehead atoms. The van der Waals surface area contributed by atoms with Crippen LogP contribution in [0.2, 0.25) is 0 Å². The van der Waals surface area contributed by atoms with Crippen LogP contribution in [0.15, 0.2) is 66.0 Å². The summed E-state index contributed by atoms with van der Waals surface area (Å²) in [5, 5.41) is 13.0.